The van der Waals surface area contributed by atoms with E-state index >= 15 is 0 Å². The van der Waals surface area contributed by atoms with Crippen molar-refractivity contribution in [3.05, 3.63) is 53.6 Å². The fraction of sp³-hybridized carbons (Fsp3) is 0.483. The van der Waals surface area contributed by atoms with Gasteiger partial charge >= 0.3 is 5.97 Å². The van der Waals surface area contributed by atoms with E-state index in [1.807, 2.05) is 27.7 Å². The van der Waals surface area contributed by atoms with Crippen molar-refractivity contribution in [2.75, 3.05) is 26.4 Å². The number of primary amides is 1. The molecular formula is C29H40N2O7. The number of carbonyl (C=O) groups excluding carboxylic acids is 3. The highest BCUT2D eigenvalue weighted by molar-refractivity contribution is 5.97. The highest BCUT2D eigenvalue weighted by Crippen LogP contribution is 2.28. The molecule has 2 aromatic carbocycles. The SMILES string of the molecule is CCOC(=O)COc1cc(OCCCCCOc2ccc(C(N)=O)cc2)ccc1C(=O)N(C(C)C)C(C)C. The van der Waals surface area contributed by atoms with Gasteiger partial charge in [-0.1, -0.05) is 0 Å². The number of ether oxygens (including phenoxy) is 4. The average molecular weight is 529 g/mol. The van der Waals surface area contributed by atoms with Gasteiger partial charge in [0.2, 0.25) is 5.91 Å². The van der Waals surface area contributed by atoms with Crippen LogP contribution in [0.15, 0.2) is 42.5 Å². The number of hydrogen-bond acceptors (Lipinski definition) is 7. The molecule has 0 aliphatic rings. The third-order valence-corrected chi connectivity index (χ3v) is 5.65. The Morgan fingerprint density at radius 1 is 0.816 bits per heavy atom. The Morgan fingerprint density at radius 2 is 1.39 bits per heavy atom. The number of esters is 1. The number of amides is 2. The van der Waals surface area contributed by atoms with Crippen LogP contribution in [0.1, 0.15) is 74.6 Å². The second-order valence-electron chi connectivity index (χ2n) is 9.30. The maximum absolute atomic E-state index is 13.3. The average Bonchev–Trinajstić information content (AvgIpc) is 2.87. The first kappa shape index (κ1) is 30.5. The number of nitrogens with two attached hydrogens (primary N) is 1. The largest absolute Gasteiger partial charge is 0.494 e. The summed E-state index contributed by atoms with van der Waals surface area (Å²) in [6.07, 6.45) is 2.53. The lowest BCUT2D eigenvalue weighted by Gasteiger charge is -2.31. The predicted octanol–water partition coefficient (Wildman–Crippen LogP) is 4.61. The zero-order valence-electron chi connectivity index (χ0n) is 23.0. The first-order valence-corrected chi connectivity index (χ1v) is 13.0. The molecule has 0 atom stereocenters. The van der Waals surface area contributed by atoms with Crippen LogP contribution >= 0.6 is 0 Å². The van der Waals surface area contributed by atoms with Gasteiger partial charge in [0.25, 0.3) is 5.91 Å². The summed E-state index contributed by atoms with van der Waals surface area (Å²) in [5.74, 6) is 0.361. The highest BCUT2D eigenvalue weighted by atomic mass is 16.6. The van der Waals surface area contributed by atoms with E-state index in [4.69, 9.17) is 24.7 Å². The Balaban J connectivity index is 1.92. The third-order valence-electron chi connectivity index (χ3n) is 5.65. The van der Waals surface area contributed by atoms with Crippen molar-refractivity contribution >= 4 is 17.8 Å². The number of nitrogens with zero attached hydrogens (tertiary/aromatic N) is 1. The monoisotopic (exact) mass is 528 g/mol. The molecule has 0 aliphatic carbocycles. The molecule has 0 saturated heterocycles. The molecule has 2 N–H and O–H groups in total. The van der Waals surface area contributed by atoms with E-state index in [9.17, 15) is 14.4 Å². The number of benzene rings is 2. The molecule has 2 rings (SSSR count). The second-order valence-corrected chi connectivity index (χ2v) is 9.30. The lowest BCUT2D eigenvalue weighted by Crippen LogP contribution is -2.42. The van der Waals surface area contributed by atoms with E-state index in [2.05, 4.69) is 0 Å². The fourth-order valence-corrected chi connectivity index (χ4v) is 3.91. The first-order valence-electron chi connectivity index (χ1n) is 13.0. The molecule has 0 unspecified atom stereocenters. The highest BCUT2D eigenvalue weighted by Gasteiger charge is 2.25. The van der Waals surface area contributed by atoms with E-state index in [-0.39, 0.29) is 37.0 Å². The zero-order valence-corrected chi connectivity index (χ0v) is 23.0. The molecule has 0 bridgehead atoms. The summed E-state index contributed by atoms with van der Waals surface area (Å²) in [5, 5.41) is 0. The summed E-state index contributed by atoms with van der Waals surface area (Å²) < 4.78 is 22.2. The summed E-state index contributed by atoms with van der Waals surface area (Å²) in [6.45, 7) is 10.5. The van der Waals surface area contributed by atoms with Crippen LogP contribution in [0.5, 0.6) is 17.2 Å². The summed E-state index contributed by atoms with van der Waals surface area (Å²) in [4.78, 5) is 38.0. The van der Waals surface area contributed by atoms with Crippen molar-refractivity contribution in [2.45, 2.75) is 66.0 Å². The summed E-state index contributed by atoms with van der Waals surface area (Å²) in [5.41, 5.74) is 6.05. The van der Waals surface area contributed by atoms with E-state index in [1.165, 1.54) is 0 Å². The molecule has 0 spiro atoms. The molecule has 0 heterocycles. The first-order chi connectivity index (χ1) is 18.1. The van der Waals surface area contributed by atoms with Gasteiger partial charge in [0, 0.05) is 23.7 Å². The Labute approximate surface area is 225 Å². The molecule has 208 valence electrons. The molecule has 9 heteroatoms. The molecule has 0 fully saturated rings. The standard InChI is InChI=1S/C29H40N2O7/c1-6-35-27(32)19-38-26-18-24(14-15-25(26)29(34)31(20(2)3)21(4)5)37-17-9-7-8-16-36-23-12-10-22(11-13-23)28(30)33/h10-15,18,20-21H,6-9,16-17,19H2,1-5H3,(H2,30,33). The van der Waals surface area contributed by atoms with Gasteiger partial charge in [-0.3, -0.25) is 9.59 Å². The number of carbonyl (C=O) groups is 3. The summed E-state index contributed by atoms with van der Waals surface area (Å²) in [7, 11) is 0. The minimum atomic E-state index is -0.507. The van der Waals surface area contributed by atoms with Crippen LogP contribution in [-0.2, 0) is 9.53 Å². The quantitative estimate of drug-likeness (QED) is 0.250. The van der Waals surface area contributed by atoms with Gasteiger partial charge in [0.1, 0.15) is 17.2 Å². The Hall–Kier alpha value is -3.75. The van der Waals surface area contributed by atoms with Crippen molar-refractivity contribution < 1.29 is 33.3 Å². The number of hydrogen-bond donors (Lipinski definition) is 1. The number of rotatable bonds is 16. The molecular weight excluding hydrogens is 488 g/mol. The van der Waals surface area contributed by atoms with Crippen LogP contribution in [0.4, 0.5) is 0 Å². The smallest absolute Gasteiger partial charge is 0.344 e. The van der Waals surface area contributed by atoms with Crippen molar-refractivity contribution in [2.24, 2.45) is 5.73 Å². The summed E-state index contributed by atoms with van der Waals surface area (Å²) in [6, 6.07) is 11.8. The van der Waals surface area contributed by atoms with Crippen molar-refractivity contribution in [3.63, 3.8) is 0 Å². The van der Waals surface area contributed by atoms with Crippen molar-refractivity contribution in [3.8, 4) is 17.2 Å². The molecule has 2 aromatic rings. The van der Waals surface area contributed by atoms with Crippen LogP contribution in [0.25, 0.3) is 0 Å². The van der Waals surface area contributed by atoms with Crippen LogP contribution in [0.3, 0.4) is 0 Å². The van der Waals surface area contributed by atoms with E-state index in [0.29, 0.717) is 35.8 Å². The fourth-order valence-electron chi connectivity index (χ4n) is 3.91. The molecule has 0 aromatic heterocycles. The van der Waals surface area contributed by atoms with Crippen LogP contribution in [-0.4, -0.2) is 61.2 Å². The van der Waals surface area contributed by atoms with Crippen LogP contribution in [0, 0.1) is 0 Å². The molecule has 0 saturated carbocycles. The Kier molecular flexibility index (Phi) is 12.4. The predicted molar refractivity (Wildman–Crippen MR) is 145 cm³/mol. The zero-order chi connectivity index (χ0) is 28.1. The van der Waals surface area contributed by atoms with Crippen LogP contribution in [0.2, 0.25) is 0 Å². The minimum absolute atomic E-state index is 0.00480. The minimum Gasteiger partial charge on any atom is -0.494 e. The van der Waals surface area contributed by atoms with Gasteiger partial charge < -0.3 is 29.6 Å². The van der Waals surface area contributed by atoms with E-state index in [1.54, 1.807) is 54.3 Å². The third kappa shape index (κ3) is 9.61. The topological polar surface area (TPSA) is 117 Å². The summed E-state index contributed by atoms with van der Waals surface area (Å²) >= 11 is 0. The van der Waals surface area contributed by atoms with Crippen LogP contribution < -0.4 is 19.9 Å². The van der Waals surface area contributed by atoms with Gasteiger partial charge in [-0.2, -0.15) is 0 Å². The van der Waals surface area contributed by atoms with Gasteiger partial charge in [-0.25, -0.2) is 4.79 Å². The molecule has 2 amide bonds. The van der Waals surface area contributed by atoms with E-state index in [0.717, 1.165) is 19.3 Å². The lowest BCUT2D eigenvalue weighted by atomic mass is 10.1. The van der Waals surface area contributed by atoms with Crippen molar-refractivity contribution in [1.29, 1.82) is 0 Å². The van der Waals surface area contributed by atoms with Gasteiger partial charge in [-0.15, -0.1) is 0 Å². The Morgan fingerprint density at radius 3 is 1.95 bits per heavy atom. The maximum Gasteiger partial charge on any atom is 0.344 e. The molecule has 9 nitrogen and oxygen atoms in total. The van der Waals surface area contributed by atoms with Gasteiger partial charge in [-0.05, 0) is 90.3 Å². The molecule has 38 heavy (non-hydrogen) atoms. The van der Waals surface area contributed by atoms with E-state index < -0.39 is 11.9 Å². The van der Waals surface area contributed by atoms with Gasteiger partial charge in [0.15, 0.2) is 6.61 Å². The molecule has 0 aliphatic heterocycles. The lowest BCUT2D eigenvalue weighted by molar-refractivity contribution is -0.145. The normalized spacial score (nSPS) is 10.8. The number of unbranched alkanes of at least 4 members (excludes halogenated alkanes) is 2. The van der Waals surface area contributed by atoms with Gasteiger partial charge in [0.05, 0.1) is 25.4 Å². The molecule has 0 radical (unpaired) electrons. The maximum atomic E-state index is 13.3. The second kappa shape index (κ2) is 15.5. The van der Waals surface area contributed by atoms with Crippen molar-refractivity contribution in [1.82, 2.24) is 4.90 Å². The Bertz CT molecular complexity index is 1040.